The lowest BCUT2D eigenvalue weighted by atomic mass is 10.2. The summed E-state index contributed by atoms with van der Waals surface area (Å²) >= 11 is 0. The van der Waals surface area contributed by atoms with Crippen LogP contribution < -0.4 is 16.0 Å². The van der Waals surface area contributed by atoms with Crippen molar-refractivity contribution >= 4 is 17.7 Å². The molecular formula is C18H17F2N3O3. The summed E-state index contributed by atoms with van der Waals surface area (Å²) in [6.45, 7) is 0.000469. The van der Waals surface area contributed by atoms with E-state index in [9.17, 15) is 23.2 Å². The lowest BCUT2D eigenvalue weighted by Gasteiger charge is -2.08. The Morgan fingerprint density at radius 1 is 0.808 bits per heavy atom. The fraction of sp³-hybridized carbons (Fsp3) is 0.167. The second kappa shape index (κ2) is 9.26. The molecular weight excluding hydrogens is 344 g/mol. The molecule has 0 atom stereocenters. The minimum atomic E-state index is -1.01. The molecule has 0 bridgehead atoms. The monoisotopic (exact) mass is 361 g/mol. The number of hydrogen-bond acceptors (Lipinski definition) is 3. The molecule has 26 heavy (non-hydrogen) atoms. The van der Waals surface area contributed by atoms with Gasteiger partial charge in [-0.25, -0.2) is 8.78 Å². The molecule has 0 aliphatic carbocycles. The van der Waals surface area contributed by atoms with Crippen molar-refractivity contribution in [2.24, 2.45) is 0 Å². The van der Waals surface area contributed by atoms with Crippen LogP contribution in [0.1, 0.15) is 20.7 Å². The predicted molar refractivity (Wildman–Crippen MR) is 90.5 cm³/mol. The van der Waals surface area contributed by atoms with E-state index >= 15 is 0 Å². The van der Waals surface area contributed by atoms with Crippen molar-refractivity contribution in [3.8, 4) is 0 Å². The van der Waals surface area contributed by atoms with Gasteiger partial charge in [0.05, 0.1) is 12.1 Å². The molecule has 0 unspecified atom stereocenters. The van der Waals surface area contributed by atoms with E-state index in [2.05, 4.69) is 16.0 Å². The fourth-order valence-corrected chi connectivity index (χ4v) is 2.06. The first-order chi connectivity index (χ1) is 12.5. The van der Waals surface area contributed by atoms with E-state index in [1.165, 1.54) is 0 Å². The summed E-state index contributed by atoms with van der Waals surface area (Å²) in [6.07, 6.45) is 0. The summed E-state index contributed by atoms with van der Waals surface area (Å²) in [5.74, 6) is -3.40. The average Bonchev–Trinajstić information content (AvgIpc) is 2.63. The van der Waals surface area contributed by atoms with E-state index in [0.717, 1.165) is 12.1 Å². The number of amides is 3. The second-order valence-electron chi connectivity index (χ2n) is 5.28. The third-order valence-electron chi connectivity index (χ3n) is 3.35. The SMILES string of the molecule is O=C(CNC(=O)c1ccc(F)cc1F)NCCNC(=O)c1ccccc1. The topological polar surface area (TPSA) is 87.3 Å². The van der Waals surface area contributed by atoms with Gasteiger partial charge < -0.3 is 16.0 Å². The number of nitrogens with one attached hydrogen (secondary N) is 3. The van der Waals surface area contributed by atoms with Gasteiger partial charge in [0.2, 0.25) is 5.91 Å². The molecule has 2 aromatic carbocycles. The number of rotatable bonds is 7. The van der Waals surface area contributed by atoms with Crippen molar-refractivity contribution in [1.29, 1.82) is 0 Å². The third-order valence-corrected chi connectivity index (χ3v) is 3.35. The van der Waals surface area contributed by atoms with Crippen LogP contribution in [0.15, 0.2) is 48.5 Å². The molecule has 3 N–H and O–H groups in total. The predicted octanol–water partition coefficient (Wildman–Crippen LogP) is 1.24. The maximum absolute atomic E-state index is 13.4. The van der Waals surface area contributed by atoms with Gasteiger partial charge in [0.15, 0.2) is 0 Å². The van der Waals surface area contributed by atoms with E-state index in [1.807, 2.05) is 0 Å². The maximum atomic E-state index is 13.4. The van der Waals surface area contributed by atoms with Gasteiger partial charge in [-0.1, -0.05) is 18.2 Å². The van der Waals surface area contributed by atoms with Crippen LogP contribution in [-0.2, 0) is 4.79 Å². The Bertz CT molecular complexity index is 798. The third kappa shape index (κ3) is 5.66. The highest BCUT2D eigenvalue weighted by Crippen LogP contribution is 2.08. The maximum Gasteiger partial charge on any atom is 0.254 e. The van der Waals surface area contributed by atoms with Gasteiger partial charge in [-0.15, -0.1) is 0 Å². The standard InChI is InChI=1S/C18H17F2N3O3/c19-13-6-7-14(15(20)10-13)18(26)23-11-16(24)21-8-9-22-17(25)12-4-2-1-3-5-12/h1-7,10H,8-9,11H2,(H,21,24)(H,22,25)(H,23,26). The quantitative estimate of drug-likeness (QED) is 0.649. The van der Waals surface area contributed by atoms with E-state index in [0.29, 0.717) is 11.6 Å². The Morgan fingerprint density at radius 3 is 2.19 bits per heavy atom. The van der Waals surface area contributed by atoms with Gasteiger partial charge in [0.25, 0.3) is 11.8 Å². The van der Waals surface area contributed by atoms with Crippen LogP contribution in [0.3, 0.4) is 0 Å². The number of benzene rings is 2. The van der Waals surface area contributed by atoms with Gasteiger partial charge >= 0.3 is 0 Å². The molecule has 0 aromatic heterocycles. The van der Waals surface area contributed by atoms with Crippen LogP contribution in [0, 0.1) is 11.6 Å². The number of carbonyl (C=O) groups is 3. The lowest BCUT2D eigenvalue weighted by Crippen LogP contribution is -2.40. The van der Waals surface area contributed by atoms with E-state index in [1.54, 1.807) is 30.3 Å². The van der Waals surface area contributed by atoms with Gasteiger partial charge in [0, 0.05) is 24.7 Å². The van der Waals surface area contributed by atoms with Crippen molar-refractivity contribution in [2.45, 2.75) is 0 Å². The van der Waals surface area contributed by atoms with Gasteiger partial charge in [-0.05, 0) is 24.3 Å². The van der Waals surface area contributed by atoms with Crippen LogP contribution >= 0.6 is 0 Å². The van der Waals surface area contributed by atoms with Crippen LogP contribution in [-0.4, -0.2) is 37.4 Å². The van der Waals surface area contributed by atoms with Gasteiger partial charge in [-0.2, -0.15) is 0 Å². The summed E-state index contributed by atoms with van der Waals surface area (Å²) in [4.78, 5) is 35.2. The first-order valence-electron chi connectivity index (χ1n) is 7.80. The molecule has 2 rings (SSSR count). The smallest absolute Gasteiger partial charge is 0.254 e. The summed E-state index contributed by atoms with van der Waals surface area (Å²) < 4.78 is 26.2. The van der Waals surface area contributed by atoms with Crippen molar-refractivity contribution < 1.29 is 23.2 Å². The number of halogens is 2. The molecule has 0 saturated carbocycles. The largest absolute Gasteiger partial charge is 0.353 e. The number of hydrogen-bond donors (Lipinski definition) is 3. The van der Waals surface area contributed by atoms with Crippen molar-refractivity contribution in [3.05, 3.63) is 71.3 Å². The summed E-state index contributed by atoms with van der Waals surface area (Å²) in [5, 5.41) is 7.36. The van der Waals surface area contributed by atoms with Crippen molar-refractivity contribution in [1.82, 2.24) is 16.0 Å². The van der Waals surface area contributed by atoms with E-state index in [-0.39, 0.29) is 31.1 Å². The van der Waals surface area contributed by atoms with Crippen LogP contribution in [0.4, 0.5) is 8.78 Å². The Balaban J connectivity index is 1.67. The molecule has 0 heterocycles. The Morgan fingerprint density at radius 2 is 1.50 bits per heavy atom. The van der Waals surface area contributed by atoms with E-state index < -0.39 is 23.4 Å². The lowest BCUT2D eigenvalue weighted by molar-refractivity contribution is -0.120. The molecule has 8 heteroatoms. The normalized spacial score (nSPS) is 10.1. The molecule has 0 aliphatic rings. The zero-order valence-electron chi connectivity index (χ0n) is 13.7. The molecule has 0 fully saturated rings. The molecule has 0 spiro atoms. The van der Waals surface area contributed by atoms with E-state index in [4.69, 9.17) is 0 Å². The summed E-state index contributed by atoms with van der Waals surface area (Å²) in [7, 11) is 0. The second-order valence-corrected chi connectivity index (χ2v) is 5.28. The Kier molecular flexibility index (Phi) is 6.78. The first kappa shape index (κ1) is 19.0. The first-order valence-corrected chi connectivity index (χ1v) is 7.80. The molecule has 0 radical (unpaired) electrons. The minimum Gasteiger partial charge on any atom is -0.353 e. The minimum absolute atomic E-state index is 0.165. The van der Waals surface area contributed by atoms with Crippen molar-refractivity contribution in [3.63, 3.8) is 0 Å². The highest BCUT2D eigenvalue weighted by atomic mass is 19.1. The van der Waals surface area contributed by atoms with Crippen LogP contribution in [0.2, 0.25) is 0 Å². The molecule has 0 saturated heterocycles. The summed E-state index contributed by atoms with van der Waals surface area (Å²) in [6, 6.07) is 11.1. The van der Waals surface area contributed by atoms with Gasteiger partial charge in [-0.3, -0.25) is 14.4 Å². The highest BCUT2D eigenvalue weighted by molar-refractivity contribution is 5.96. The summed E-state index contributed by atoms with van der Waals surface area (Å²) in [5.41, 5.74) is 0.154. The molecule has 6 nitrogen and oxygen atoms in total. The van der Waals surface area contributed by atoms with Crippen LogP contribution in [0.5, 0.6) is 0 Å². The Hall–Kier alpha value is -3.29. The fourth-order valence-electron chi connectivity index (χ4n) is 2.06. The Labute approximate surface area is 148 Å². The molecule has 136 valence electrons. The highest BCUT2D eigenvalue weighted by Gasteiger charge is 2.13. The van der Waals surface area contributed by atoms with Gasteiger partial charge in [0.1, 0.15) is 11.6 Å². The van der Waals surface area contributed by atoms with Crippen LogP contribution in [0.25, 0.3) is 0 Å². The molecule has 0 aliphatic heterocycles. The van der Waals surface area contributed by atoms with Crippen molar-refractivity contribution in [2.75, 3.05) is 19.6 Å². The average molecular weight is 361 g/mol. The zero-order valence-corrected chi connectivity index (χ0v) is 13.7. The number of carbonyl (C=O) groups excluding carboxylic acids is 3. The molecule has 3 amide bonds. The molecule has 2 aromatic rings. The zero-order chi connectivity index (χ0) is 18.9.